The van der Waals surface area contributed by atoms with Gasteiger partial charge in [0.25, 0.3) is 0 Å². The van der Waals surface area contributed by atoms with Crippen LogP contribution in [0.15, 0.2) is 0 Å². The molecule has 6 heteroatoms. The van der Waals surface area contributed by atoms with Crippen molar-refractivity contribution in [3.63, 3.8) is 0 Å². The van der Waals surface area contributed by atoms with E-state index in [1.54, 1.807) is 0 Å². The van der Waals surface area contributed by atoms with Gasteiger partial charge < -0.3 is 20.6 Å². The number of carbonyl (C=O) groups excluding carboxylic acids is 1. The smallest absolute Gasteiger partial charge is 0.322 e. The van der Waals surface area contributed by atoms with Crippen LogP contribution in [0.2, 0.25) is 0 Å². The van der Waals surface area contributed by atoms with Gasteiger partial charge in [0.15, 0.2) is 0 Å². The molecule has 0 aromatic heterocycles. The van der Waals surface area contributed by atoms with Crippen LogP contribution in [0.4, 0.5) is 0 Å². The van der Waals surface area contributed by atoms with Crippen LogP contribution in [0.5, 0.6) is 0 Å². The minimum absolute atomic E-state index is 0.172. The molecule has 4 unspecified atom stereocenters. The molecule has 0 aliphatic heterocycles. The second-order valence-electron chi connectivity index (χ2n) is 13.3. The highest BCUT2D eigenvalue weighted by atomic mass is 16.4. The average Bonchev–Trinajstić information content (AvgIpc) is 3.16. The van der Waals surface area contributed by atoms with Gasteiger partial charge in [-0.15, -0.1) is 0 Å². The molecule has 35 heavy (non-hydrogen) atoms. The van der Waals surface area contributed by atoms with Gasteiger partial charge in [0.05, 0.1) is 12.2 Å². The lowest BCUT2D eigenvalue weighted by molar-refractivity contribution is -0.203. The largest absolute Gasteiger partial charge is 0.480 e. The number of carbonyl (C=O) groups is 2. The number of amides is 1. The predicted molar refractivity (Wildman–Crippen MR) is 135 cm³/mol. The molecule has 0 aromatic rings. The zero-order chi connectivity index (χ0) is 25.7. The van der Waals surface area contributed by atoms with Gasteiger partial charge in [-0.25, -0.2) is 0 Å². The van der Waals surface area contributed by atoms with E-state index in [1.807, 2.05) is 6.92 Å². The maximum atomic E-state index is 12.4. The Morgan fingerprint density at radius 2 is 1.63 bits per heavy atom. The highest BCUT2D eigenvalue weighted by Gasteiger charge is 2.64. The van der Waals surface area contributed by atoms with E-state index >= 15 is 0 Å². The number of aliphatic hydroxyl groups excluding tert-OH is 2. The Morgan fingerprint density at radius 3 is 2.29 bits per heavy atom. The van der Waals surface area contributed by atoms with Crippen LogP contribution in [0.1, 0.15) is 92.4 Å². The Morgan fingerprint density at radius 1 is 0.971 bits per heavy atom. The van der Waals surface area contributed by atoms with Crippen molar-refractivity contribution in [2.75, 3.05) is 6.54 Å². The van der Waals surface area contributed by atoms with Gasteiger partial charge in [-0.05, 0) is 104 Å². The summed E-state index contributed by atoms with van der Waals surface area (Å²) in [6.07, 6.45) is 8.71. The number of aliphatic carboxylic acids is 1. The van der Waals surface area contributed by atoms with Gasteiger partial charge in [0.2, 0.25) is 5.91 Å². The summed E-state index contributed by atoms with van der Waals surface area (Å²) < 4.78 is 0. The molecule has 200 valence electrons. The number of carboxylic acid groups (broad SMARTS) is 1. The van der Waals surface area contributed by atoms with Crippen molar-refractivity contribution in [2.24, 2.45) is 58.2 Å². The number of hydrogen-bond acceptors (Lipinski definition) is 4. The van der Waals surface area contributed by atoms with Crippen LogP contribution in [-0.2, 0) is 9.59 Å². The second kappa shape index (κ2) is 9.96. The Bertz CT molecular complexity index is 802. The zero-order valence-electron chi connectivity index (χ0n) is 22.5. The molecule has 0 bridgehead atoms. The molecule has 4 rings (SSSR count). The van der Waals surface area contributed by atoms with E-state index in [0.29, 0.717) is 35.5 Å². The minimum atomic E-state index is -1.01. The van der Waals surface area contributed by atoms with Crippen molar-refractivity contribution >= 4 is 11.9 Å². The number of aliphatic hydroxyl groups is 2. The second-order valence-corrected chi connectivity index (χ2v) is 13.3. The van der Waals surface area contributed by atoms with E-state index in [4.69, 9.17) is 5.11 Å². The van der Waals surface area contributed by atoms with E-state index < -0.39 is 5.97 Å². The number of nitrogens with one attached hydrogen (secondary N) is 1. The third kappa shape index (κ3) is 4.56. The molecule has 0 spiro atoms. The SMILES string of the molecule is CC[C@@H]1C2C[C@H](O)CC[C@]2(C)C2CC[C@@]3(C)C(CC[C@@H]3[C@H](C)C[C@H](C)C(=O)NCC(=O)O)C2[C@H]1O. The molecule has 4 aliphatic rings. The number of rotatable bonds is 7. The third-order valence-corrected chi connectivity index (χ3v) is 11.7. The molecule has 0 aromatic carbocycles. The lowest BCUT2D eigenvalue weighted by Gasteiger charge is -2.64. The maximum Gasteiger partial charge on any atom is 0.322 e. The lowest BCUT2D eigenvalue weighted by atomic mass is 9.41. The zero-order valence-corrected chi connectivity index (χ0v) is 22.5. The molecule has 0 heterocycles. The van der Waals surface area contributed by atoms with Crippen LogP contribution in [0, 0.1) is 58.2 Å². The van der Waals surface area contributed by atoms with Gasteiger partial charge in [-0.2, -0.15) is 0 Å². The van der Waals surface area contributed by atoms with Gasteiger partial charge in [0, 0.05) is 5.92 Å². The summed E-state index contributed by atoms with van der Waals surface area (Å²) >= 11 is 0. The van der Waals surface area contributed by atoms with Gasteiger partial charge in [-0.1, -0.05) is 41.0 Å². The molecular formula is C29H49NO5. The highest BCUT2D eigenvalue weighted by Crippen LogP contribution is 2.69. The van der Waals surface area contributed by atoms with Crippen LogP contribution < -0.4 is 5.32 Å². The Kier molecular flexibility index (Phi) is 7.66. The van der Waals surface area contributed by atoms with Crippen LogP contribution in [-0.4, -0.2) is 45.9 Å². The van der Waals surface area contributed by atoms with Gasteiger partial charge in [0.1, 0.15) is 6.54 Å². The van der Waals surface area contributed by atoms with Gasteiger partial charge in [-0.3, -0.25) is 9.59 Å². The number of carboxylic acids is 1. The molecule has 4 fully saturated rings. The van der Waals surface area contributed by atoms with Crippen LogP contribution in [0.25, 0.3) is 0 Å². The standard InChI is InChI=1S/C29H49NO5/c1-6-19-23-14-18(31)9-11-29(23,5)22-10-12-28(4)20(7-8-21(28)25(22)26(19)34)16(2)13-17(3)27(35)30-15-24(32)33/h16-23,25-26,31,34H,6-15H2,1-5H3,(H,30,35)(H,32,33)/t16-,17+,18-,19-,20-,21?,22?,23?,25?,26+,28-,29-/m1/s1. The molecular weight excluding hydrogens is 442 g/mol. The first-order valence-corrected chi connectivity index (χ1v) is 14.3. The normalized spacial score (nSPS) is 46.6. The van der Waals surface area contributed by atoms with Crippen LogP contribution >= 0.6 is 0 Å². The first kappa shape index (κ1) is 26.9. The minimum Gasteiger partial charge on any atom is -0.480 e. The molecule has 0 radical (unpaired) electrons. The van der Waals surface area contributed by atoms with E-state index in [1.165, 1.54) is 6.42 Å². The van der Waals surface area contributed by atoms with Crippen molar-refractivity contribution in [2.45, 2.75) is 105 Å². The van der Waals surface area contributed by atoms with E-state index in [-0.39, 0.29) is 47.3 Å². The lowest BCUT2D eigenvalue weighted by Crippen LogP contribution is -2.62. The topological polar surface area (TPSA) is 107 Å². The first-order valence-electron chi connectivity index (χ1n) is 14.3. The van der Waals surface area contributed by atoms with Crippen molar-refractivity contribution in [3.05, 3.63) is 0 Å². The Balaban J connectivity index is 1.52. The fourth-order valence-corrected chi connectivity index (χ4v) is 10.1. The first-order chi connectivity index (χ1) is 16.4. The predicted octanol–water partition coefficient (Wildman–Crippen LogP) is 4.48. The fourth-order valence-electron chi connectivity index (χ4n) is 10.1. The molecule has 4 N–H and O–H groups in total. The van der Waals surface area contributed by atoms with Crippen molar-refractivity contribution < 1.29 is 24.9 Å². The molecule has 6 nitrogen and oxygen atoms in total. The molecule has 4 aliphatic carbocycles. The monoisotopic (exact) mass is 491 g/mol. The summed E-state index contributed by atoms with van der Waals surface area (Å²) in [5.74, 6) is 1.58. The number of hydrogen-bond donors (Lipinski definition) is 4. The molecule has 0 saturated heterocycles. The maximum absolute atomic E-state index is 12.4. The summed E-state index contributed by atoms with van der Waals surface area (Å²) in [5.41, 5.74) is 0.389. The summed E-state index contributed by atoms with van der Waals surface area (Å²) in [6, 6.07) is 0. The van der Waals surface area contributed by atoms with E-state index in [9.17, 15) is 19.8 Å². The van der Waals surface area contributed by atoms with E-state index in [2.05, 4.69) is 33.0 Å². The summed E-state index contributed by atoms with van der Waals surface area (Å²) in [6.45, 7) is 11.0. The Hall–Kier alpha value is -1.14. The molecule has 1 amide bonds. The summed E-state index contributed by atoms with van der Waals surface area (Å²) in [5, 5.41) is 33.7. The van der Waals surface area contributed by atoms with Crippen molar-refractivity contribution in [1.29, 1.82) is 0 Å². The van der Waals surface area contributed by atoms with E-state index in [0.717, 1.165) is 51.4 Å². The highest BCUT2D eigenvalue weighted by molar-refractivity contribution is 5.82. The quantitative estimate of drug-likeness (QED) is 0.420. The summed E-state index contributed by atoms with van der Waals surface area (Å²) in [4.78, 5) is 23.3. The molecule has 4 saturated carbocycles. The fraction of sp³-hybridized carbons (Fsp3) is 0.931. The summed E-state index contributed by atoms with van der Waals surface area (Å²) in [7, 11) is 0. The van der Waals surface area contributed by atoms with Crippen molar-refractivity contribution in [3.8, 4) is 0 Å². The molecule has 12 atom stereocenters. The average molecular weight is 492 g/mol. The number of fused-ring (bicyclic) bond motifs is 5. The van der Waals surface area contributed by atoms with Crippen molar-refractivity contribution in [1.82, 2.24) is 5.32 Å². The third-order valence-electron chi connectivity index (χ3n) is 11.7. The van der Waals surface area contributed by atoms with Crippen LogP contribution in [0.3, 0.4) is 0 Å². The van der Waals surface area contributed by atoms with Gasteiger partial charge >= 0.3 is 5.97 Å². The Labute approximate surface area is 211 Å².